The maximum absolute atomic E-state index is 6.29. The summed E-state index contributed by atoms with van der Waals surface area (Å²) in [6.45, 7) is 7.97. The Kier molecular flexibility index (Phi) is 11.4. The molecule has 0 aromatic heterocycles. The number of unbranched alkanes of at least 4 members (excludes halogenated alkanes) is 4. The first-order valence-electron chi connectivity index (χ1n) is 11.6. The first-order chi connectivity index (χ1) is 14.1. The molecule has 2 unspecified atom stereocenters. The average molecular weight is 407 g/mol. The van der Waals surface area contributed by atoms with Crippen molar-refractivity contribution in [2.45, 2.75) is 77.7 Å². The average Bonchev–Trinajstić information content (AvgIpc) is 2.75. The number of hydrogen-bond donors (Lipinski definition) is 0. The zero-order chi connectivity index (χ0) is 20.9. The summed E-state index contributed by atoms with van der Waals surface area (Å²) in [7, 11) is 4.30. The summed E-state index contributed by atoms with van der Waals surface area (Å²) in [5.41, 5.74) is 0. The van der Waals surface area contributed by atoms with Gasteiger partial charge in [-0.1, -0.05) is 39.5 Å². The van der Waals surface area contributed by atoms with Crippen LogP contribution >= 0.6 is 0 Å². The van der Waals surface area contributed by atoms with E-state index in [1.54, 1.807) is 0 Å². The Morgan fingerprint density at radius 3 is 1.52 bits per heavy atom. The summed E-state index contributed by atoms with van der Waals surface area (Å²) in [5, 5.41) is 0. The van der Waals surface area contributed by atoms with Crippen LogP contribution < -0.4 is 9.47 Å². The molecule has 166 valence electrons. The van der Waals surface area contributed by atoms with Crippen molar-refractivity contribution in [2.75, 3.05) is 40.4 Å². The Hall–Kier alpha value is -1.30. The number of hydrogen-bond acceptors (Lipinski definition) is 5. The van der Waals surface area contributed by atoms with E-state index in [2.05, 4.69) is 37.7 Å². The normalized spacial score (nSPS) is 20.6. The SMILES string of the molecule is CCCCCN(C)C1CCOCCC(N(C)CCCCC)Oc2ccc(cc2)O1. The van der Waals surface area contributed by atoms with E-state index >= 15 is 0 Å². The third kappa shape index (κ3) is 8.93. The Labute approximate surface area is 178 Å². The molecule has 0 fully saturated rings. The second-order valence-electron chi connectivity index (χ2n) is 8.18. The van der Waals surface area contributed by atoms with Gasteiger partial charge in [-0.05, 0) is 51.2 Å². The highest BCUT2D eigenvalue weighted by molar-refractivity contribution is 5.31. The van der Waals surface area contributed by atoms with Gasteiger partial charge in [-0.3, -0.25) is 9.80 Å². The molecule has 0 radical (unpaired) electrons. The van der Waals surface area contributed by atoms with Gasteiger partial charge < -0.3 is 14.2 Å². The van der Waals surface area contributed by atoms with Crippen LogP contribution in [0.25, 0.3) is 0 Å². The molecule has 0 saturated carbocycles. The quantitative estimate of drug-likeness (QED) is 0.502. The fraction of sp³-hybridized carbons (Fsp3) is 0.750. The van der Waals surface area contributed by atoms with Crippen LogP contribution in [0.5, 0.6) is 11.5 Å². The van der Waals surface area contributed by atoms with Gasteiger partial charge in [0.2, 0.25) is 0 Å². The van der Waals surface area contributed by atoms with Gasteiger partial charge in [0.05, 0.1) is 13.2 Å². The van der Waals surface area contributed by atoms with Crippen LogP contribution in [0.4, 0.5) is 0 Å². The van der Waals surface area contributed by atoms with Crippen molar-refractivity contribution in [3.05, 3.63) is 24.3 Å². The topological polar surface area (TPSA) is 34.2 Å². The lowest BCUT2D eigenvalue weighted by atomic mass is 10.2. The van der Waals surface area contributed by atoms with Gasteiger partial charge in [-0.25, -0.2) is 0 Å². The monoisotopic (exact) mass is 406 g/mol. The maximum Gasteiger partial charge on any atom is 0.154 e. The van der Waals surface area contributed by atoms with Crippen molar-refractivity contribution in [3.8, 4) is 11.5 Å². The Morgan fingerprint density at radius 1 is 0.724 bits per heavy atom. The summed E-state index contributed by atoms with van der Waals surface area (Å²) in [5.74, 6) is 1.77. The Morgan fingerprint density at radius 2 is 1.14 bits per heavy atom. The van der Waals surface area contributed by atoms with Crippen LogP contribution in [0.2, 0.25) is 0 Å². The Balaban J connectivity index is 1.99. The third-order valence-electron chi connectivity index (χ3n) is 5.60. The van der Waals surface area contributed by atoms with Crippen LogP contribution in [-0.2, 0) is 4.74 Å². The van der Waals surface area contributed by atoms with E-state index in [0.717, 1.165) is 37.4 Å². The summed E-state index contributed by atoms with van der Waals surface area (Å²) in [6, 6.07) is 8.09. The van der Waals surface area contributed by atoms with Crippen molar-refractivity contribution in [3.63, 3.8) is 0 Å². The first-order valence-corrected chi connectivity index (χ1v) is 11.6. The molecule has 0 spiro atoms. The molecule has 0 aliphatic carbocycles. The number of rotatable bonds is 10. The highest BCUT2D eigenvalue weighted by atomic mass is 16.5. The number of fused-ring (bicyclic) bond motifs is 10. The molecule has 0 amide bonds. The minimum atomic E-state index is 0.0342. The second kappa shape index (κ2) is 13.8. The van der Waals surface area contributed by atoms with Gasteiger partial charge in [0.1, 0.15) is 11.5 Å². The second-order valence-corrected chi connectivity index (χ2v) is 8.18. The van der Waals surface area contributed by atoms with Crippen molar-refractivity contribution in [2.24, 2.45) is 0 Å². The summed E-state index contributed by atoms with van der Waals surface area (Å²) >= 11 is 0. The Bertz CT molecular complexity index is 490. The standard InChI is InChI=1S/C24H42N2O3/c1-5-7-9-17-25(3)23-15-19-27-20-16-24(26(4)18-10-8-6-2)29-22-13-11-21(28-23)12-14-22/h11-14,23-24H,5-10,15-20H2,1-4H3. The smallest absolute Gasteiger partial charge is 0.154 e. The largest absolute Gasteiger partial charge is 0.475 e. The van der Waals surface area contributed by atoms with Crippen LogP contribution in [0.1, 0.15) is 65.2 Å². The van der Waals surface area contributed by atoms with Crippen molar-refractivity contribution in [1.29, 1.82) is 0 Å². The lowest BCUT2D eigenvalue weighted by molar-refractivity contribution is -0.00981. The predicted octanol–water partition coefficient (Wildman–Crippen LogP) is 5.15. The molecule has 5 heteroatoms. The lowest BCUT2D eigenvalue weighted by Crippen LogP contribution is -2.39. The molecule has 0 N–H and O–H groups in total. The molecule has 1 aromatic carbocycles. The molecule has 2 heterocycles. The predicted molar refractivity (Wildman–Crippen MR) is 120 cm³/mol. The van der Waals surface area contributed by atoms with E-state index in [0.29, 0.717) is 13.2 Å². The molecule has 5 nitrogen and oxygen atoms in total. The van der Waals surface area contributed by atoms with E-state index in [1.165, 1.54) is 38.5 Å². The van der Waals surface area contributed by atoms with Gasteiger partial charge in [-0.15, -0.1) is 0 Å². The molecule has 29 heavy (non-hydrogen) atoms. The molecule has 1 aromatic rings. The van der Waals surface area contributed by atoms with Crippen LogP contribution in [0.3, 0.4) is 0 Å². The van der Waals surface area contributed by atoms with Crippen molar-refractivity contribution < 1.29 is 14.2 Å². The van der Waals surface area contributed by atoms with Gasteiger partial charge in [-0.2, -0.15) is 0 Å². The highest BCUT2D eigenvalue weighted by Gasteiger charge is 2.20. The van der Waals surface area contributed by atoms with Gasteiger partial charge >= 0.3 is 0 Å². The van der Waals surface area contributed by atoms with E-state index in [1.807, 2.05) is 24.3 Å². The summed E-state index contributed by atoms with van der Waals surface area (Å²) in [4.78, 5) is 4.63. The molecule has 2 atom stereocenters. The fourth-order valence-electron chi connectivity index (χ4n) is 3.63. The molecule has 3 rings (SSSR count). The molecular formula is C24H42N2O3. The zero-order valence-electron chi connectivity index (χ0n) is 19.1. The van der Waals surface area contributed by atoms with E-state index in [4.69, 9.17) is 14.2 Å². The molecule has 2 bridgehead atoms. The zero-order valence-corrected chi connectivity index (χ0v) is 19.1. The number of ether oxygens (including phenoxy) is 3. The van der Waals surface area contributed by atoms with Crippen LogP contribution in [0.15, 0.2) is 24.3 Å². The summed E-state index contributed by atoms with van der Waals surface area (Å²) in [6.07, 6.45) is 9.18. The van der Waals surface area contributed by atoms with Gasteiger partial charge in [0.25, 0.3) is 0 Å². The molecule has 2 aliphatic rings. The van der Waals surface area contributed by atoms with Crippen molar-refractivity contribution >= 4 is 0 Å². The third-order valence-corrected chi connectivity index (χ3v) is 5.60. The molecular weight excluding hydrogens is 364 g/mol. The minimum Gasteiger partial charge on any atom is -0.475 e. The highest BCUT2D eigenvalue weighted by Crippen LogP contribution is 2.23. The molecule has 2 aliphatic heterocycles. The first kappa shape index (κ1) is 24.0. The maximum atomic E-state index is 6.29. The van der Waals surface area contributed by atoms with Gasteiger partial charge in [0, 0.05) is 25.9 Å². The van der Waals surface area contributed by atoms with Crippen molar-refractivity contribution in [1.82, 2.24) is 9.80 Å². The fourth-order valence-corrected chi connectivity index (χ4v) is 3.63. The van der Waals surface area contributed by atoms with E-state index in [-0.39, 0.29) is 12.5 Å². The van der Waals surface area contributed by atoms with Gasteiger partial charge in [0.15, 0.2) is 12.5 Å². The van der Waals surface area contributed by atoms with Crippen LogP contribution in [0, 0.1) is 0 Å². The lowest BCUT2D eigenvalue weighted by Gasteiger charge is -2.28. The minimum absolute atomic E-state index is 0.0342. The summed E-state index contributed by atoms with van der Waals surface area (Å²) < 4.78 is 18.6. The molecule has 0 saturated heterocycles. The van der Waals surface area contributed by atoms with Crippen LogP contribution in [-0.4, -0.2) is 62.7 Å². The van der Waals surface area contributed by atoms with E-state index in [9.17, 15) is 0 Å². The number of benzene rings is 1. The van der Waals surface area contributed by atoms with E-state index < -0.39 is 0 Å². The number of nitrogens with zero attached hydrogens (tertiary/aromatic N) is 2.